The van der Waals surface area contributed by atoms with Gasteiger partial charge in [-0.15, -0.1) is 0 Å². The molecule has 0 aromatic heterocycles. The molecule has 20 heavy (non-hydrogen) atoms. The van der Waals surface area contributed by atoms with Gasteiger partial charge in [-0.1, -0.05) is 18.2 Å². The van der Waals surface area contributed by atoms with E-state index in [1.165, 1.54) is 11.6 Å². The number of nitrogens with one attached hydrogen (secondary N) is 2. The highest BCUT2D eigenvalue weighted by Crippen LogP contribution is 2.25. The van der Waals surface area contributed by atoms with Crippen LogP contribution in [0.4, 0.5) is 15.8 Å². The number of fused-ring (bicyclic) bond motifs is 1. The van der Waals surface area contributed by atoms with Gasteiger partial charge < -0.3 is 10.6 Å². The molecule has 0 saturated heterocycles. The minimum atomic E-state index is -0.346. The van der Waals surface area contributed by atoms with Gasteiger partial charge in [-0.25, -0.2) is 4.39 Å². The number of amides is 1. The van der Waals surface area contributed by atoms with Crippen LogP contribution in [0.25, 0.3) is 0 Å². The molecule has 0 aliphatic carbocycles. The highest BCUT2D eigenvalue weighted by Gasteiger charge is 2.12. The van der Waals surface area contributed by atoms with Crippen molar-refractivity contribution in [2.24, 2.45) is 0 Å². The van der Waals surface area contributed by atoms with Crippen molar-refractivity contribution in [3.63, 3.8) is 0 Å². The number of halogens is 1. The molecule has 1 heterocycles. The Morgan fingerprint density at radius 1 is 1.25 bits per heavy atom. The third-order valence-electron chi connectivity index (χ3n) is 3.41. The number of anilines is 2. The van der Waals surface area contributed by atoms with E-state index in [1.807, 2.05) is 18.2 Å². The first-order valence-electron chi connectivity index (χ1n) is 6.62. The van der Waals surface area contributed by atoms with Crippen LogP contribution in [0.2, 0.25) is 0 Å². The van der Waals surface area contributed by atoms with E-state index in [9.17, 15) is 9.18 Å². The molecule has 2 aromatic carbocycles. The SMILES string of the molecule is O=C(Cc1ccccc1F)Nc1ccc2c(c1)CCN2. The molecule has 0 radical (unpaired) electrons. The first-order chi connectivity index (χ1) is 9.72. The van der Waals surface area contributed by atoms with Crippen LogP contribution >= 0.6 is 0 Å². The molecule has 3 nitrogen and oxygen atoms in total. The molecule has 1 aliphatic rings. The van der Waals surface area contributed by atoms with Crippen LogP contribution in [-0.2, 0) is 17.6 Å². The molecule has 0 saturated carbocycles. The summed E-state index contributed by atoms with van der Waals surface area (Å²) in [6.07, 6.45) is 1.01. The van der Waals surface area contributed by atoms with Crippen LogP contribution in [0, 0.1) is 5.82 Å². The maximum Gasteiger partial charge on any atom is 0.228 e. The van der Waals surface area contributed by atoms with Crippen molar-refractivity contribution in [3.05, 3.63) is 59.4 Å². The average Bonchev–Trinajstić information content (AvgIpc) is 2.89. The summed E-state index contributed by atoms with van der Waals surface area (Å²) in [6, 6.07) is 12.1. The summed E-state index contributed by atoms with van der Waals surface area (Å²) < 4.78 is 13.5. The lowest BCUT2D eigenvalue weighted by atomic mass is 10.1. The number of carbonyl (C=O) groups excluding carboxylic acids is 1. The van der Waals surface area contributed by atoms with Gasteiger partial charge in [-0.2, -0.15) is 0 Å². The Morgan fingerprint density at radius 3 is 2.95 bits per heavy atom. The summed E-state index contributed by atoms with van der Waals surface area (Å²) in [5, 5.41) is 6.08. The van der Waals surface area contributed by atoms with Gasteiger partial charge in [0.25, 0.3) is 0 Å². The second-order valence-electron chi connectivity index (χ2n) is 4.87. The van der Waals surface area contributed by atoms with E-state index in [1.54, 1.807) is 18.2 Å². The molecule has 0 fully saturated rings. The maximum absolute atomic E-state index is 13.5. The van der Waals surface area contributed by atoms with Gasteiger partial charge in [0.15, 0.2) is 0 Å². The molecule has 2 N–H and O–H groups in total. The van der Waals surface area contributed by atoms with Gasteiger partial charge >= 0.3 is 0 Å². The number of benzene rings is 2. The van der Waals surface area contributed by atoms with Crippen molar-refractivity contribution >= 4 is 17.3 Å². The Morgan fingerprint density at radius 2 is 2.10 bits per heavy atom. The molecule has 0 bridgehead atoms. The highest BCUT2D eigenvalue weighted by molar-refractivity contribution is 5.92. The summed E-state index contributed by atoms with van der Waals surface area (Å²) in [6.45, 7) is 0.932. The minimum absolute atomic E-state index is 0.0437. The van der Waals surface area contributed by atoms with Crippen molar-refractivity contribution in [2.75, 3.05) is 17.2 Å². The van der Waals surface area contributed by atoms with Gasteiger partial charge in [0.05, 0.1) is 6.42 Å². The Bertz CT molecular complexity index is 655. The van der Waals surface area contributed by atoms with E-state index in [0.717, 1.165) is 24.3 Å². The molecule has 0 unspecified atom stereocenters. The fourth-order valence-electron chi connectivity index (χ4n) is 2.40. The zero-order valence-corrected chi connectivity index (χ0v) is 10.9. The minimum Gasteiger partial charge on any atom is -0.384 e. The molecular weight excluding hydrogens is 255 g/mol. The summed E-state index contributed by atoms with van der Waals surface area (Å²) in [5.74, 6) is -0.554. The Hall–Kier alpha value is -2.36. The van der Waals surface area contributed by atoms with Gasteiger partial charge in [-0.3, -0.25) is 4.79 Å². The lowest BCUT2D eigenvalue weighted by molar-refractivity contribution is -0.115. The van der Waals surface area contributed by atoms with E-state index in [0.29, 0.717) is 5.56 Å². The zero-order chi connectivity index (χ0) is 13.9. The summed E-state index contributed by atoms with van der Waals surface area (Å²) in [7, 11) is 0. The Labute approximate surface area is 116 Å². The van der Waals surface area contributed by atoms with Crippen molar-refractivity contribution in [1.29, 1.82) is 0 Å². The van der Waals surface area contributed by atoms with E-state index in [4.69, 9.17) is 0 Å². The predicted octanol–water partition coefficient (Wildman–Crippen LogP) is 2.97. The second kappa shape index (κ2) is 5.33. The van der Waals surface area contributed by atoms with Crippen LogP contribution in [-0.4, -0.2) is 12.5 Å². The van der Waals surface area contributed by atoms with E-state index < -0.39 is 0 Å². The molecule has 0 spiro atoms. The lowest BCUT2D eigenvalue weighted by Crippen LogP contribution is -2.15. The number of rotatable bonds is 3. The summed E-state index contributed by atoms with van der Waals surface area (Å²) in [5.41, 5.74) is 3.49. The standard InChI is InChI=1S/C16H15FN2O/c17-14-4-2-1-3-11(14)10-16(20)19-13-5-6-15-12(9-13)7-8-18-15/h1-6,9,18H,7-8,10H2,(H,19,20). The Kier molecular flexibility index (Phi) is 3.37. The van der Waals surface area contributed by atoms with Crippen molar-refractivity contribution < 1.29 is 9.18 Å². The predicted molar refractivity (Wildman–Crippen MR) is 77.4 cm³/mol. The number of carbonyl (C=O) groups is 1. The van der Waals surface area contributed by atoms with Crippen molar-refractivity contribution in [1.82, 2.24) is 0 Å². The van der Waals surface area contributed by atoms with Gasteiger partial charge in [0.1, 0.15) is 5.82 Å². The zero-order valence-electron chi connectivity index (χ0n) is 10.9. The molecule has 4 heteroatoms. The van der Waals surface area contributed by atoms with Crippen LogP contribution in [0.15, 0.2) is 42.5 Å². The molecule has 0 atom stereocenters. The maximum atomic E-state index is 13.5. The van der Waals surface area contributed by atoms with Crippen LogP contribution in [0.5, 0.6) is 0 Å². The third-order valence-corrected chi connectivity index (χ3v) is 3.41. The second-order valence-corrected chi connectivity index (χ2v) is 4.87. The summed E-state index contributed by atoms with van der Waals surface area (Å²) >= 11 is 0. The topological polar surface area (TPSA) is 41.1 Å². The molecule has 102 valence electrons. The van der Waals surface area contributed by atoms with E-state index >= 15 is 0 Å². The molecule has 2 aromatic rings. The fourth-order valence-corrected chi connectivity index (χ4v) is 2.40. The molecule has 3 rings (SSSR count). The van der Waals surface area contributed by atoms with Crippen LogP contribution in [0.1, 0.15) is 11.1 Å². The van der Waals surface area contributed by atoms with Crippen LogP contribution < -0.4 is 10.6 Å². The first-order valence-corrected chi connectivity index (χ1v) is 6.62. The van der Waals surface area contributed by atoms with Crippen LogP contribution in [0.3, 0.4) is 0 Å². The van der Waals surface area contributed by atoms with Crippen molar-refractivity contribution in [3.8, 4) is 0 Å². The first kappa shape index (κ1) is 12.7. The van der Waals surface area contributed by atoms with Gasteiger partial charge in [0.2, 0.25) is 5.91 Å². The summed E-state index contributed by atoms with van der Waals surface area (Å²) in [4.78, 5) is 11.9. The Balaban J connectivity index is 1.69. The molecule has 1 amide bonds. The van der Waals surface area contributed by atoms with Gasteiger partial charge in [-0.05, 0) is 41.8 Å². The lowest BCUT2D eigenvalue weighted by Gasteiger charge is -2.08. The smallest absolute Gasteiger partial charge is 0.228 e. The number of hydrogen-bond donors (Lipinski definition) is 2. The highest BCUT2D eigenvalue weighted by atomic mass is 19.1. The van der Waals surface area contributed by atoms with E-state index in [-0.39, 0.29) is 18.1 Å². The fraction of sp³-hybridized carbons (Fsp3) is 0.188. The van der Waals surface area contributed by atoms with Gasteiger partial charge in [0, 0.05) is 17.9 Å². The largest absolute Gasteiger partial charge is 0.384 e. The monoisotopic (exact) mass is 270 g/mol. The average molecular weight is 270 g/mol. The molecule has 1 aliphatic heterocycles. The van der Waals surface area contributed by atoms with E-state index in [2.05, 4.69) is 10.6 Å². The normalized spacial score (nSPS) is 12.7. The van der Waals surface area contributed by atoms with Crippen molar-refractivity contribution in [2.45, 2.75) is 12.8 Å². The number of hydrogen-bond acceptors (Lipinski definition) is 2. The third kappa shape index (κ3) is 2.64. The molecular formula is C16H15FN2O. The quantitative estimate of drug-likeness (QED) is 0.900.